The van der Waals surface area contributed by atoms with E-state index in [-0.39, 0.29) is 10.7 Å². The number of hydrogen-bond acceptors (Lipinski definition) is 4. The Morgan fingerprint density at radius 1 is 1.07 bits per heavy atom. The van der Waals surface area contributed by atoms with Crippen LogP contribution in [0.25, 0.3) is 0 Å². The molecule has 0 bridgehead atoms. The smallest absolute Gasteiger partial charge is 0.243 e. The first-order valence-electron chi connectivity index (χ1n) is 10.4. The molecule has 1 aliphatic heterocycles. The number of halogens is 1. The number of aromatic nitrogens is 1. The summed E-state index contributed by atoms with van der Waals surface area (Å²) in [5.41, 5.74) is 3.25. The first-order chi connectivity index (χ1) is 14.2. The SMILES string of the molecule is Cc1cc(S(=O)(=O)N2CCN(CC(=O)c3cc(C)n(C4CC4)c3C)CC2)ccc1F. The Bertz CT molecular complexity index is 1080. The van der Waals surface area contributed by atoms with E-state index in [0.29, 0.717) is 44.3 Å². The number of carbonyl (C=O) groups is 1. The molecule has 2 heterocycles. The number of rotatable bonds is 6. The molecule has 0 atom stereocenters. The fourth-order valence-corrected chi connectivity index (χ4v) is 5.80. The van der Waals surface area contributed by atoms with Crippen molar-refractivity contribution in [1.82, 2.24) is 13.8 Å². The summed E-state index contributed by atoms with van der Waals surface area (Å²) in [6, 6.07) is 6.39. The Morgan fingerprint density at radius 2 is 1.73 bits per heavy atom. The van der Waals surface area contributed by atoms with Crippen molar-refractivity contribution in [3.63, 3.8) is 0 Å². The second-order valence-electron chi connectivity index (χ2n) is 8.40. The van der Waals surface area contributed by atoms with Crippen LogP contribution in [-0.4, -0.2) is 60.7 Å². The number of sulfonamides is 1. The van der Waals surface area contributed by atoms with E-state index in [2.05, 4.69) is 4.57 Å². The van der Waals surface area contributed by atoms with Gasteiger partial charge in [0.15, 0.2) is 5.78 Å². The highest BCUT2D eigenvalue weighted by atomic mass is 32.2. The molecule has 0 spiro atoms. The molecule has 162 valence electrons. The molecule has 0 unspecified atom stereocenters. The van der Waals surface area contributed by atoms with Gasteiger partial charge in [-0.25, -0.2) is 12.8 Å². The molecule has 8 heteroatoms. The predicted octanol–water partition coefficient (Wildman–Crippen LogP) is 3.08. The van der Waals surface area contributed by atoms with Crippen molar-refractivity contribution < 1.29 is 17.6 Å². The third-order valence-corrected chi connectivity index (χ3v) is 8.06. The maximum Gasteiger partial charge on any atom is 0.243 e. The van der Waals surface area contributed by atoms with Gasteiger partial charge in [0.25, 0.3) is 0 Å². The lowest BCUT2D eigenvalue weighted by Crippen LogP contribution is -2.49. The zero-order chi connectivity index (χ0) is 21.6. The maximum absolute atomic E-state index is 13.5. The Morgan fingerprint density at radius 3 is 2.33 bits per heavy atom. The number of ketones is 1. The number of hydrogen-bond donors (Lipinski definition) is 0. The highest BCUT2D eigenvalue weighted by Gasteiger charge is 2.31. The Labute approximate surface area is 177 Å². The monoisotopic (exact) mass is 433 g/mol. The molecule has 4 rings (SSSR count). The lowest BCUT2D eigenvalue weighted by Gasteiger charge is -2.33. The molecule has 2 aliphatic rings. The van der Waals surface area contributed by atoms with Crippen LogP contribution >= 0.6 is 0 Å². The summed E-state index contributed by atoms with van der Waals surface area (Å²) >= 11 is 0. The molecular weight excluding hydrogens is 405 g/mol. The van der Waals surface area contributed by atoms with Crippen LogP contribution in [0.15, 0.2) is 29.2 Å². The van der Waals surface area contributed by atoms with Crippen molar-refractivity contribution >= 4 is 15.8 Å². The van der Waals surface area contributed by atoms with Crippen LogP contribution in [0.1, 0.15) is 46.2 Å². The van der Waals surface area contributed by atoms with Crippen LogP contribution in [0.2, 0.25) is 0 Å². The van der Waals surface area contributed by atoms with E-state index in [1.807, 2.05) is 24.8 Å². The van der Waals surface area contributed by atoms with Gasteiger partial charge >= 0.3 is 0 Å². The van der Waals surface area contributed by atoms with Gasteiger partial charge in [-0.2, -0.15) is 4.31 Å². The van der Waals surface area contributed by atoms with Crippen molar-refractivity contribution in [2.45, 2.75) is 44.6 Å². The zero-order valence-corrected chi connectivity index (χ0v) is 18.5. The molecule has 1 saturated heterocycles. The van der Waals surface area contributed by atoms with Gasteiger partial charge < -0.3 is 4.57 Å². The first-order valence-corrected chi connectivity index (χ1v) is 11.8. The molecule has 1 aliphatic carbocycles. The highest BCUT2D eigenvalue weighted by molar-refractivity contribution is 7.89. The van der Waals surface area contributed by atoms with E-state index in [4.69, 9.17) is 0 Å². The van der Waals surface area contributed by atoms with Crippen LogP contribution < -0.4 is 0 Å². The fourth-order valence-electron chi connectivity index (χ4n) is 4.30. The molecule has 6 nitrogen and oxygen atoms in total. The van der Waals surface area contributed by atoms with Crippen molar-refractivity contribution in [3.05, 3.63) is 52.6 Å². The summed E-state index contributed by atoms with van der Waals surface area (Å²) in [6.45, 7) is 7.51. The van der Waals surface area contributed by atoms with Crippen molar-refractivity contribution in [3.8, 4) is 0 Å². The number of benzene rings is 1. The lowest BCUT2D eigenvalue weighted by atomic mass is 10.1. The number of nitrogens with zero attached hydrogens (tertiary/aromatic N) is 3. The minimum atomic E-state index is -3.67. The Balaban J connectivity index is 1.39. The molecule has 0 radical (unpaired) electrons. The fraction of sp³-hybridized carbons (Fsp3) is 0.500. The quantitative estimate of drug-likeness (QED) is 0.657. The third-order valence-electron chi connectivity index (χ3n) is 6.16. The second kappa shape index (κ2) is 7.90. The topological polar surface area (TPSA) is 62.6 Å². The van der Waals surface area contributed by atoms with E-state index in [1.54, 1.807) is 6.92 Å². The molecule has 1 aromatic heterocycles. The molecule has 0 N–H and O–H groups in total. The number of carbonyl (C=O) groups excluding carboxylic acids is 1. The Hall–Kier alpha value is -2.03. The normalized spacial score (nSPS) is 18.7. The van der Waals surface area contributed by atoms with Gasteiger partial charge in [-0.15, -0.1) is 0 Å². The first kappa shape index (κ1) is 21.2. The van der Waals surface area contributed by atoms with Gasteiger partial charge in [-0.1, -0.05) is 0 Å². The van der Waals surface area contributed by atoms with Gasteiger partial charge in [0.2, 0.25) is 10.0 Å². The third kappa shape index (κ3) is 3.96. The van der Waals surface area contributed by atoms with Gasteiger partial charge in [0, 0.05) is 49.2 Å². The van der Waals surface area contributed by atoms with Crippen molar-refractivity contribution in [2.24, 2.45) is 0 Å². The molecule has 2 aromatic rings. The minimum absolute atomic E-state index is 0.0838. The maximum atomic E-state index is 13.5. The van der Waals surface area contributed by atoms with Gasteiger partial charge in [-0.05, 0) is 63.4 Å². The van der Waals surface area contributed by atoms with Gasteiger partial charge in [0.05, 0.1) is 11.4 Å². The summed E-state index contributed by atoms with van der Waals surface area (Å²) in [6.07, 6.45) is 2.35. The number of Topliss-reactive ketones (excluding diaryl/α,β-unsaturated/α-hetero) is 1. The predicted molar refractivity (Wildman–Crippen MR) is 113 cm³/mol. The molecule has 1 saturated carbocycles. The van der Waals surface area contributed by atoms with Gasteiger partial charge in [-0.3, -0.25) is 9.69 Å². The van der Waals surface area contributed by atoms with Crippen LogP contribution in [-0.2, 0) is 10.0 Å². The number of aryl methyl sites for hydroxylation is 2. The minimum Gasteiger partial charge on any atom is -0.345 e. The second-order valence-corrected chi connectivity index (χ2v) is 10.3. The van der Waals surface area contributed by atoms with Gasteiger partial charge in [0.1, 0.15) is 5.82 Å². The van der Waals surface area contributed by atoms with Crippen molar-refractivity contribution in [1.29, 1.82) is 0 Å². The van der Waals surface area contributed by atoms with E-state index >= 15 is 0 Å². The largest absolute Gasteiger partial charge is 0.345 e. The van der Waals surface area contributed by atoms with Crippen LogP contribution in [0.3, 0.4) is 0 Å². The summed E-state index contributed by atoms with van der Waals surface area (Å²) in [5.74, 6) is -0.334. The van der Waals surface area contributed by atoms with E-state index < -0.39 is 15.8 Å². The summed E-state index contributed by atoms with van der Waals surface area (Å²) in [7, 11) is -3.67. The average molecular weight is 434 g/mol. The van der Waals surface area contributed by atoms with E-state index in [0.717, 1.165) is 17.0 Å². The zero-order valence-electron chi connectivity index (χ0n) is 17.7. The molecule has 1 aromatic carbocycles. The summed E-state index contributed by atoms with van der Waals surface area (Å²) in [4.78, 5) is 15.0. The average Bonchev–Trinajstić information content (AvgIpc) is 3.48. The molecule has 0 amide bonds. The summed E-state index contributed by atoms with van der Waals surface area (Å²) in [5, 5.41) is 0. The highest BCUT2D eigenvalue weighted by Crippen LogP contribution is 2.38. The van der Waals surface area contributed by atoms with E-state index in [1.165, 1.54) is 35.3 Å². The number of piperazine rings is 1. The Kier molecular flexibility index (Phi) is 5.59. The molecule has 2 fully saturated rings. The van der Waals surface area contributed by atoms with Crippen molar-refractivity contribution in [2.75, 3.05) is 32.7 Å². The lowest BCUT2D eigenvalue weighted by molar-refractivity contribution is 0.0901. The standard InChI is InChI=1S/C22H28FN3O3S/c1-15-12-19(6-7-21(15)23)30(28,29)25-10-8-24(9-11-25)14-22(27)20-13-16(2)26(17(20)3)18-4-5-18/h6-7,12-13,18H,4-5,8-11,14H2,1-3H3. The molecular formula is C22H28FN3O3S. The summed E-state index contributed by atoms with van der Waals surface area (Å²) < 4.78 is 42.9. The van der Waals surface area contributed by atoms with Crippen LogP contribution in [0.4, 0.5) is 4.39 Å². The van der Waals surface area contributed by atoms with Crippen LogP contribution in [0, 0.1) is 26.6 Å². The molecule has 30 heavy (non-hydrogen) atoms. The van der Waals surface area contributed by atoms with Crippen LogP contribution in [0.5, 0.6) is 0 Å². The van der Waals surface area contributed by atoms with E-state index in [9.17, 15) is 17.6 Å².